The van der Waals surface area contributed by atoms with Gasteiger partial charge in [0.05, 0.1) is 0 Å². The molecule has 10 heteroatoms. The van der Waals surface area contributed by atoms with Gasteiger partial charge in [-0.1, -0.05) is 0 Å². The van der Waals surface area contributed by atoms with E-state index in [1.54, 1.807) is 19.0 Å². The van der Waals surface area contributed by atoms with Crippen molar-refractivity contribution in [3.05, 3.63) is 10.4 Å². The van der Waals surface area contributed by atoms with Gasteiger partial charge in [-0.2, -0.15) is 0 Å². The Kier molecular flexibility index (Phi) is 9.51. The monoisotopic (exact) mass is 257 g/mol. The van der Waals surface area contributed by atoms with E-state index in [2.05, 4.69) is 20.2 Å². The molecule has 1 unspecified atom stereocenters. The SMILES string of the molecule is CO/N=[N+](\[O-])C(CN(C)C)/[N+]([O-])=N\OC.Cl. The van der Waals surface area contributed by atoms with Crippen LogP contribution in [0.25, 0.3) is 0 Å². The maximum absolute atomic E-state index is 11.2. The largest absolute Gasteiger partial charge is 0.592 e. The van der Waals surface area contributed by atoms with E-state index in [9.17, 15) is 10.4 Å². The van der Waals surface area contributed by atoms with Crippen molar-refractivity contribution >= 4 is 12.4 Å². The number of nitrogens with zero attached hydrogens (tertiary/aromatic N) is 5. The van der Waals surface area contributed by atoms with Gasteiger partial charge < -0.3 is 20.1 Å². The molecule has 0 amide bonds. The first-order chi connectivity index (χ1) is 7.02. The van der Waals surface area contributed by atoms with Crippen LogP contribution < -0.4 is 0 Å². The second kappa shape index (κ2) is 8.92. The zero-order valence-corrected chi connectivity index (χ0v) is 10.4. The summed E-state index contributed by atoms with van der Waals surface area (Å²) in [6.07, 6.45) is -1.15. The predicted molar refractivity (Wildman–Crippen MR) is 55.7 cm³/mol. The molecule has 0 N–H and O–H groups in total. The topological polar surface area (TPSA) is 98.6 Å². The molecule has 0 spiro atoms. The van der Waals surface area contributed by atoms with Crippen LogP contribution in [-0.2, 0) is 9.68 Å². The van der Waals surface area contributed by atoms with Gasteiger partial charge in [0.1, 0.15) is 20.8 Å². The van der Waals surface area contributed by atoms with Crippen molar-refractivity contribution in [2.24, 2.45) is 10.6 Å². The Morgan fingerprint density at radius 1 is 1.12 bits per heavy atom. The molecule has 16 heavy (non-hydrogen) atoms. The zero-order chi connectivity index (χ0) is 11.8. The summed E-state index contributed by atoms with van der Waals surface area (Å²) < 4.78 is 0. The Morgan fingerprint density at radius 3 is 1.75 bits per heavy atom. The Morgan fingerprint density at radius 2 is 1.50 bits per heavy atom. The fraction of sp³-hybridized carbons (Fsp3) is 1.00. The average molecular weight is 258 g/mol. The van der Waals surface area contributed by atoms with Crippen molar-refractivity contribution in [3.63, 3.8) is 0 Å². The molecule has 0 aliphatic heterocycles. The van der Waals surface area contributed by atoms with Gasteiger partial charge >= 0.3 is 6.17 Å². The van der Waals surface area contributed by atoms with Gasteiger partial charge in [0.2, 0.25) is 10.6 Å². The standard InChI is InChI=1S/C6H15N5O4.ClH/c1-9(2)5-6(10(12)7-14-3)11(13)8-15-4;/h6H,5H2,1-4H3;1H/b10-7-,11-8+;. The molecule has 0 fully saturated rings. The van der Waals surface area contributed by atoms with E-state index in [4.69, 9.17) is 0 Å². The van der Waals surface area contributed by atoms with Gasteiger partial charge in [-0.15, -0.1) is 12.4 Å². The minimum Gasteiger partial charge on any atom is -0.592 e. The summed E-state index contributed by atoms with van der Waals surface area (Å²) in [6, 6.07) is 0. The van der Waals surface area contributed by atoms with Crippen molar-refractivity contribution < 1.29 is 19.4 Å². The Balaban J connectivity index is 0. The first kappa shape index (κ1) is 17.1. The molecule has 0 radical (unpaired) electrons. The van der Waals surface area contributed by atoms with Crippen molar-refractivity contribution in [2.45, 2.75) is 6.17 Å². The number of hydroxylamine groups is 2. The smallest absolute Gasteiger partial charge is 0.428 e. The number of likely N-dealkylation sites (N-methyl/N-ethyl adjacent to an activating group) is 1. The van der Waals surface area contributed by atoms with Gasteiger partial charge in [0.15, 0.2) is 0 Å². The number of halogens is 1. The third-order valence-electron chi connectivity index (χ3n) is 1.36. The lowest BCUT2D eigenvalue weighted by Gasteiger charge is -2.13. The highest BCUT2D eigenvalue weighted by Crippen LogP contribution is 1.98. The minimum atomic E-state index is -1.15. The lowest BCUT2D eigenvalue weighted by Crippen LogP contribution is -2.39. The van der Waals surface area contributed by atoms with Gasteiger partial charge in [0, 0.05) is 9.72 Å². The van der Waals surface area contributed by atoms with Crippen LogP contribution in [0.3, 0.4) is 0 Å². The molecule has 0 saturated carbocycles. The molecule has 0 aromatic carbocycles. The number of rotatable bonds is 6. The van der Waals surface area contributed by atoms with E-state index in [0.29, 0.717) is 0 Å². The quantitative estimate of drug-likeness (QED) is 0.296. The second-order valence-electron chi connectivity index (χ2n) is 2.88. The van der Waals surface area contributed by atoms with E-state index in [0.717, 1.165) is 0 Å². The van der Waals surface area contributed by atoms with Crippen molar-refractivity contribution in [1.29, 1.82) is 0 Å². The summed E-state index contributed by atoms with van der Waals surface area (Å²) >= 11 is 0. The predicted octanol–water partition coefficient (Wildman–Crippen LogP) is 0.344. The highest BCUT2D eigenvalue weighted by Gasteiger charge is 2.30. The van der Waals surface area contributed by atoms with Gasteiger partial charge in [-0.25, -0.2) is 0 Å². The Labute approximate surface area is 99.4 Å². The van der Waals surface area contributed by atoms with E-state index in [1.165, 1.54) is 14.2 Å². The molecule has 0 heterocycles. The maximum atomic E-state index is 11.2. The van der Waals surface area contributed by atoms with E-state index < -0.39 is 6.17 Å². The molecular formula is C6H16ClN5O4. The molecule has 0 aliphatic carbocycles. The van der Waals surface area contributed by atoms with Gasteiger partial charge in [-0.3, -0.25) is 4.90 Å². The maximum Gasteiger partial charge on any atom is 0.428 e. The molecule has 0 bridgehead atoms. The van der Waals surface area contributed by atoms with Crippen molar-refractivity contribution in [1.82, 2.24) is 4.90 Å². The van der Waals surface area contributed by atoms with Crippen LogP contribution in [-0.4, -0.2) is 55.6 Å². The molecule has 0 saturated heterocycles. The summed E-state index contributed by atoms with van der Waals surface area (Å²) in [7, 11) is 5.82. The van der Waals surface area contributed by atoms with Gasteiger partial charge in [0.25, 0.3) is 0 Å². The van der Waals surface area contributed by atoms with Crippen LogP contribution >= 0.6 is 12.4 Å². The number of hydrogen-bond acceptors (Lipinski definition) is 7. The fourth-order valence-corrected chi connectivity index (χ4v) is 0.821. The molecule has 9 nitrogen and oxygen atoms in total. The molecule has 0 rings (SSSR count). The van der Waals surface area contributed by atoms with Crippen LogP contribution in [0.5, 0.6) is 0 Å². The second-order valence-corrected chi connectivity index (χ2v) is 2.88. The summed E-state index contributed by atoms with van der Waals surface area (Å²) in [4.78, 5) is 10.4. The van der Waals surface area contributed by atoms with Crippen LogP contribution in [0.15, 0.2) is 10.6 Å². The lowest BCUT2D eigenvalue weighted by molar-refractivity contribution is -0.796. The van der Waals surface area contributed by atoms with E-state index in [-0.39, 0.29) is 28.7 Å². The fourth-order valence-electron chi connectivity index (χ4n) is 0.821. The minimum absolute atomic E-state index is 0. The summed E-state index contributed by atoms with van der Waals surface area (Å²) in [5.41, 5.74) is 0. The highest BCUT2D eigenvalue weighted by atomic mass is 35.5. The van der Waals surface area contributed by atoms with Crippen LogP contribution in [0.1, 0.15) is 0 Å². The van der Waals surface area contributed by atoms with Crippen molar-refractivity contribution in [3.8, 4) is 0 Å². The average Bonchev–Trinajstić information content (AvgIpc) is 2.14. The van der Waals surface area contributed by atoms with Gasteiger partial charge in [-0.05, 0) is 14.1 Å². The van der Waals surface area contributed by atoms with Crippen LogP contribution in [0, 0.1) is 10.4 Å². The Bertz CT molecular complexity index is 227. The van der Waals surface area contributed by atoms with Crippen LogP contribution in [0.4, 0.5) is 0 Å². The summed E-state index contributed by atoms with van der Waals surface area (Å²) in [5.74, 6) is 0. The number of hydrogen-bond donors (Lipinski definition) is 0. The van der Waals surface area contributed by atoms with E-state index >= 15 is 0 Å². The molecule has 0 aromatic heterocycles. The molecule has 1 atom stereocenters. The molecule has 0 aromatic rings. The first-order valence-corrected chi connectivity index (χ1v) is 4.08. The lowest BCUT2D eigenvalue weighted by atomic mass is 10.5. The Hall–Kier alpha value is -1.35. The first-order valence-electron chi connectivity index (χ1n) is 4.08. The van der Waals surface area contributed by atoms with Crippen LogP contribution in [0.2, 0.25) is 0 Å². The third kappa shape index (κ3) is 6.19. The molecule has 96 valence electrons. The van der Waals surface area contributed by atoms with Crippen molar-refractivity contribution in [2.75, 3.05) is 34.9 Å². The van der Waals surface area contributed by atoms with E-state index in [1.807, 2.05) is 0 Å². The third-order valence-corrected chi connectivity index (χ3v) is 1.36. The molecular weight excluding hydrogens is 242 g/mol. The zero-order valence-electron chi connectivity index (χ0n) is 9.56. The summed E-state index contributed by atoms with van der Waals surface area (Å²) in [5, 5.41) is 28.6. The normalized spacial score (nSPS) is 14.3. The summed E-state index contributed by atoms with van der Waals surface area (Å²) in [6.45, 7) is 0.132. The molecule has 0 aliphatic rings. The highest BCUT2D eigenvalue weighted by molar-refractivity contribution is 5.85.